The van der Waals surface area contributed by atoms with Crippen molar-refractivity contribution >= 4 is 11.8 Å². The Morgan fingerprint density at radius 1 is 1.40 bits per heavy atom. The molecule has 0 aromatic carbocycles. The van der Waals surface area contributed by atoms with E-state index in [1.165, 1.54) is 6.20 Å². The van der Waals surface area contributed by atoms with E-state index in [0.717, 1.165) is 32.4 Å². The third kappa shape index (κ3) is 3.35. The second kappa shape index (κ2) is 6.50. The molecular formula is C15H21N3O2. The minimum Gasteiger partial charge on any atom is -0.348 e. The van der Waals surface area contributed by atoms with E-state index in [4.69, 9.17) is 0 Å². The number of amides is 2. The van der Waals surface area contributed by atoms with Crippen molar-refractivity contribution in [3.8, 4) is 0 Å². The van der Waals surface area contributed by atoms with Gasteiger partial charge in [-0.15, -0.1) is 0 Å². The molecule has 0 bridgehead atoms. The van der Waals surface area contributed by atoms with Crippen molar-refractivity contribution in [3.05, 3.63) is 29.6 Å². The maximum atomic E-state index is 12.3. The summed E-state index contributed by atoms with van der Waals surface area (Å²) in [6.45, 7) is 5.55. The van der Waals surface area contributed by atoms with E-state index in [0.29, 0.717) is 11.3 Å². The Labute approximate surface area is 119 Å². The first-order valence-corrected chi connectivity index (χ1v) is 7.18. The van der Waals surface area contributed by atoms with E-state index >= 15 is 0 Å². The normalized spacial score (nSPS) is 16.0. The topological polar surface area (TPSA) is 62.3 Å². The molecule has 1 aromatic heterocycles. The molecule has 5 nitrogen and oxygen atoms in total. The molecule has 1 aliphatic rings. The van der Waals surface area contributed by atoms with Crippen LogP contribution in [0.25, 0.3) is 0 Å². The van der Waals surface area contributed by atoms with Crippen molar-refractivity contribution in [2.24, 2.45) is 0 Å². The van der Waals surface area contributed by atoms with Crippen molar-refractivity contribution in [2.45, 2.75) is 39.2 Å². The number of aromatic nitrogens is 1. The van der Waals surface area contributed by atoms with Gasteiger partial charge in [0.25, 0.3) is 11.8 Å². The first kappa shape index (κ1) is 14.5. The van der Waals surface area contributed by atoms with Crippen LogP contribution in [0.4, 0.5) is 0 Å². The van der Waals surface area contributed by atoms with Gasteiger partial charge in [0.1, 0.15) is 5.69 Å². The van der Waals surface area contributed by atoms with Crippen LogP contribution in [0.2, 0.25) is 0 Å². The van der Waals surface area contributed by atoms with E-state index in [-0.39, 0.29) is 17.9 Å². The lowest BCUT2D eigenvalue weighted by atomic mass is 10.2. The molecule has 1 fully saturated rings. The number of rotatable bonds is 4. The van der Waals surface area contributed by atoms with Gasteiger partial charge in [-0.2, -0.15) is 0 Å². The number of likely N-dealkylation sites (tertiary alicyclic amines) is 1. The van der Waals surface area contributed by atoms with Crippen molar-refractivity contribution in [1.29, 1.82) is 0 Å². The highest BCUT2D eigenvalue weighted by molar-refractivity contribution is 5.98. The average molecular weight is 275 g/mol. The number of nitrogens with zero attached hydrogens (tertiary/aromatic N) is 2. The third-order valence-electron chi connectivity index (χ3n) is 3.62. The Morgan fingerprint density at radius 3 is 2.75 bits per heavy atom. The summed E-state index contributed by atoms with van der Waals surface area (Å²) in [7, 11) is 0. The smallest absolute Gasteiger partial charge is 0.270 e. The summed E-state index contributed by atoms with van der Waals surface area (Å²) in [5.41, 5.74) is 0.839. The SMILES string of the molecule is CCC(C)NC(=O)c1cc(C(=O)N2CCCC2)ccn1. The number of pyridine rings is 1. The van der Waals surface area contributed by atoms with Crippen LogP contribution in [-0.4, -0.2) is 40.8 Å². The average Bonchev–Trinajstić information content (AvgIpc) is 3.00. The maximum absolute atomic E-state index is 12.3. The Bertz CT molecular complexity index is 496. The van der Waals surface area contributed by atoms with E-state index in [1.807, 2.05) is 18.7 Å². The van der Waals surface area contributed by atoms with Crippen LogP contribution in [0.5, 0.6) is 0 Å². The molecule has 1 saturated heterocycles. The van der Waals surface area contributed by atoms with Crippen LogP contribution in [0.3, 0.4) is 0 Å². The zero-order valence-corrected chi connectivity index (χ0v) is 12.1. The Kier molecular flexibility index (Phi) is 4.71. The fourth-order valence-corrected chi connectivity index (χ4v) is 2.19. The zero-order valence-electron chi connectivity index (χ0n) is 12.1. The Hall–Kier alpha value is -1.91. The number of hydrogen-bond donors (Lipinski definition) is 1. The zero-order chi connectivity index (χ0) is 14.5. The largest absolute Gasteiger partial charge is 0.348 e. The lowest BCUT2D eigenvalue weighted by Gasteiger charge is -2.16. The van der Waals surface area contributed by atoms with Crippen molar-refractivity contribution in [2.75, 3.05) is 13.1 Å². The molecule has 0 spiro atoms. The van der Waals surface area contributed by atoms with Crippen LogP contribution in [0.15, 0.2) is 18.3 Å². The van der Waals surface area contributed by atoms with Crippen LogP contribution >= 0.6 is 0 Å². The summed E-state index contributed by atoms with van der Waals surface area (Å²) in [5.74, 6) is -0.238. The van der Waals surface area contributed by atoms with Gasteiger partial charge in [-0.3, -0.25) is 14.6 Å². The first-order valence-electron chi connectivity index (χ1n) is 7.18. The molecule has 2 amide bonds. The summed E-state index contributed by atoms with van der Waals surface area (Å²) in [5, 5.41) is 2.86. The van der Waals surface area contributed by atoms with Gasteiger partial charge in [-0.1, -0.05) is 6.92 Å². The molecule has 0 aliphatic carbocycles. The van der Waals surface area contributed by atoms with E-state index in [9.17, 15) is 9.59 Å². The lowest BCUT2D eigenvalue weighted by Crippen LogP contribution is -2.33. The molecule has 5 heteroatoms. The highest BCUT2D eigenvalue weighted by Gasteiger charge is 2.20. The second-order valence-electron chi connectivity index (χ2n) is 5.21. The molecular weight excluding hydrogens is 254 g/mol. The molecule has 1 atom stereocenters. The standard InChI is InChI=1S/C15H21N3O2/c1-3-11(2)17-14(19)13-10-12(6-7-16-13)15(20)18-8-4-5-9-18/h6-7,10-11H,3-5,8-9H2,1-2H3,(H,17,19). The molecule has 0 radical (unpaired) electrons. The van der Waals surface area contributed by atoms with Crippen molar-refractivity contribution in [1.82, 2.24) is 15.2 Å². The molecule has 0 saturated carbocycles. The van der Waals surface area contributed by atoms with Crippen LogP contribution in [-0.2, 0) is 0 Å². The fraction of sp³-hybridized carbons (Fsp3) is 0.533. The summed E-state index contributed by atoms with van der Waals surface area (Å²) < 4.78 is 0. The van der Waals surface area contributed by atoms with Gasteiger partial charge >= 0.3 is 0 Å². The number of hydrogen-bond acceptors (Lipinski definition) is 3. The van der Waals surface area contributed by atoms with Crippen molar-refractivity contribution in [3.63, 3.8) is 0 Å². The number of carbonyl (C=O) groups excluding carboxylic acids is 2. The van der Waals surface area contributed by atoms with Crippen LogP contribution < -0.4 is 5.32 Å². The van der Waals surface area contributed by atoms with E-state index in [1.54, 1.807) is 12.1 Å². The lowest BCUT2D eigenvalue weighted by molar-refractivity contribution is 0.0792. The minimum absolute atomic E-state index is 0.0116. The Morgan fingerprint density at radius 2 is 2.10 bits per heavy atom. The predicted octanol–water partition coefficient (Wildman–Crippen LogP) is 1.85. The Balaban J connectivity index is 2.11. The van der Waals surface area contributed by atoms with Crippen LogP contribution in [0, 0.1) is 0 Å². The summed E-state index contributed by atoms with van der Waals surface area (Å²) in [6.07, 6.45) is 4.49. The van der Waals surface area contributed by atoms with Gasteiger partial charge in [0.2, 0.25) is 0 Å². The van der Waals surface area contributed by atoms with Crippen LogP contribution in [0.1, 0.15) is 54.0 Å². The van der Waals surface area contributed by atoms with Gasteiger partial charge in [0.15, 0.2) is 0 Å². The van der Waals surface area contributed by atoms with Crippen molar-refractivity contribution < 1.29 is 9.59 Å². The first-order chi connectivity index (χ1) is 9.61. The molecule has 108 valence electrons. The molecule has 2 heterocycles. The number of nitrogens with one attached hydrogen (secondary N) is 1. The molecule has 1 aliphatic heterocycles. The second-order valence-corrected chi connectivity index (χ2v) is 5.21. The van der Waals surface area contributed by atoms with Gasteiger partial charge in [0, 0.05) is 30.9 Å². The molecule has 1 N–H and O–H groups in total. The highest BCUT2D eigenvalue weighted by atomic mass is 16.2. The van der Waals surface area contributed by atoms with Gasteiger partial charge in [-0.05, 0) is 38.3 Å². The van der Waals surface area contributed by atoms with E-state index in [2.05, 4.69) is 10.3 Å². The van der Waals surface area contributed by atoms with E-state index < -0.39 is 0 Å². The maximum Gasteiger partial charge on any atom is 0.270 e. The molecule has 1 unspecified atom stereocenters. The minimum atomic E-state index is -0.226. The predicted molar refractivity (Wildman–Crippen MR) is 76.6 cm³/mol. The molecule has 1 aromatic rings. The molecule has 20 heavy (non-hydrogen) atoms. The third-order valence-corrected chi connectivity index (χ3v) is 3.62. The highest BCUT2D eigenvalue weighted by Crippen LogP contribution is 2.13. The molecule has 2 rings (SSSR count). The number of carbonyl (C=O) groups is 2. The summed E-state index contributed by atoms with van der Waals surface area (Å²) in [6, 6.07) is 3.35. The van der Waals surface area contributed by atoms with Gasteiger partial charge in [0.05, 0.1) is 0 Å². The van der Waals surface area contributed by atoms with Gasteiger partial charge < -0.3 is 10.2 Å². The monoisotopic (exact) mass is 275 g/mol. The van der Waals surface area contributed by atoms with Gasteiger partial charge in [-0.25, -0.2) is 0 Å². The summed E-state index contributed by atoms with van der Waals surface area (Å²) in [4.78, 5) is 30.2. The fourth-order valence-electron chi connectivity index (χ4n) is 2.19. The quantitative estimate of drug-likeness (QED) is 0.912. The summed E-state index contributed by atoms with van der Waals surface area (Å²) >= 11 is 0.